The summed E-state index contributed by atoms with van der Waals surface area (Å²) in [6.45, 7) is -0.316. The van der Waals surface area contributed by atoms with Crippen LogP contribution < -0.4 is 0 Å². The molecular weight excluding hydrogens is 368 g/mol. The monoisotopic (exact) mass is 384 g/mol. The Kier molecular flexibility index (Phi) is 4.91. The van der Waals surface area contributed by atoms with Gasteiger partial charge in [-0.3, -0.25) is 9.59 Å². The van der Waals surface area contributed by atoms with E-state index in [-0.39, 0.29) is 23.7 Å². The first kappa shape index (κ1) is 17.6. The zero-order valence-corrected chi connectivity index (χ0v) is 15.0. The molecule has 1 aliphatic heterocycles. The first-order valence-electron chi connectivity index (χ1n) is 7.47. The molecule has 0 aromatic carbocycles. The molecule has 10 heteroatoms. The van der Waals surface area contributed by atoms with Crippen LogP contribution in [0.25, 0.3) is 10.8 Å². The van der Waals surface area contributed by atoms with Crippen molar-refractivity contribution in [3.05, 3.63) is 29.5 Å². The fourth-order valence-electron chi connectivity index (χ4n) is 2.62. The lowest BCUT2D eigenvalue weighted by molar-refractivity contribution is -0.141. The van der Waals surface area contributed by atoms with Crippen molar-refractivity contribution < 1.29 is 27.2 Å². The Morgan fingerprint density at radius 3 is 2.88 bits per heavy atom. The third kappa shape index (κ3) is 3.90. The van der Waals surface area contributed by atoms with Gasteiger partial charge < -0.3 is 14.1 Å². The predicted molar refractivity (Wildman–Crippen MR) is 89.9 cm³/mol. The van der Waals surface area contributed by atoms with Gasteiger partial charge in [-0.2, -0.15) is 0 Å². The van der Waals surface area contributed by atoms with E-state index in [0.717, 1.165) is 0 Å². The van der Waals surface area contributed by atoms with Gasteiger partial charge in [-0.1, -0.05) is 0 Å². The molecule has 1 unspecified atom stereocenters. The number of aromatic nitrogens is 1. The van der Waals surface area contributed by atoms with Gasteiger partial charge in [0.25, 0.3) is 5.91 Å². The van der Waals surface area contributed by atoms with Gasteiger partial charge in [0.15, 0.2) is 20.6 Å². The van der Waals surface area contributed by atoms with Crippen LogP contribution in [0.4, 0.5) is 0 Å². The second kappa shape index (κ2) is 6.96. The number of carbonyl (C=O) groups is 2. The van der Waals surface area contributed by atoms with Crippen LogP contribution in [0.3, 0.4) is 0 Å². The average molecular weight is 384 g/mol. The van der Waals surface area contributed by atoms with Crippen molar-refractivity contribution in [1.29, 1.82) is 0 Å². The molecule has 2 aromatic heterocycles. The second-order valence-electron chi connectivity index (χ2n) is 5.58. The largest absolute Gasteiger partial charge is 0.468 e. The normalized spacial score (nSPS) is 18.8. The highest BCUT2D eigenvalue weighted by Gasteiger charge is 2.36. The summed E-state index contributed by atoms with van der Waals surface area (Å²) >= 11 is 1.23. The van der Waals surface area contributed by atoms with E-state index in [1.807, 2.05) is 0 Å². The smallest absolute Gasteiger partial charge is 0.325 e. The highest BCUT2D eigenvalue weighted by atomic mass is 32.2. The molecule has 0 radical (unpaired) electrons. The van der Waals surface area contributed by atoms with Crippen LogP contribution >= 0.6 is 11.3 Å². The first-order chi connectivity index (χ1) is 11.9. The van der Waals surface area contributed by atoms with E-state index in [1.54, 1.807) is 17.5 Å². The van der Waals surface area contributed by atoms with E-state index in [1.165, 1.54) is 29.6 Å². The summed E-state index contributed by atoms with van der Waals surface area (Å²) in [7, 11) is -1.99. The number of sulfone groups is 1. The maximum Gasteiger partial charge on any atom is 0.325 e. The molecule has 0 N–H and O–H groups in total. The molecule has 0 saturated carbocycles. The maximum atomic E-state index is 12.8. The molecule has 1 saturated heterocycles. The van der Waals surface area contributed by atoms with Crippen LogP contribution in [0.15, 0.2) is 28.2 Å². The Hall–Kier alpha value is -2.20. The van der Waals surface area contributed by atoms with Gasteiger partial charge in [0, 0.05) is 11.4 Å². The predicted octanol–water partition coefficient (Wildman–Crippen LogP) is 1.21. The van der Waals surface area contributed by atoms with E-state index in [9.17, 15) is 18.0 Å². The zero-order chi connectivity index (χ0) is 18.0. The summed E-state index contributed by atoms with van der Waals surface area (Å²) in [5, 5.41) is 2.10. The summed E-state index contributed by atoms with van der Waals surface area (Å²) in [6.07, 6.45) is 1.80. The van der Waals surface area contributed by atoms with Crippen molar-refractivity contribution in [3.63, 3.8) is 0 Å². The molecule has 0 aliphatic carbocycles. The fourth-order valence-corrected chi connectivity index (χ4v) is 5.11. The van der Waals surface area contributed by atoms with E-state index in [2.05, 4.69) is 9.72 Å². The average Bonchev–Trinajstić information content (AvgIpc) is 3.31. The molecule has 0 spiro atoms. The number of hydrogen-bond acceptors (Lipinski definition) is 8. The molecule has 3 heterocycles. The van der Waals surface area contributed by atoms with E-state index < -0.39 is 27.8 Å². The maximum absolute atomic E-state index is 12.8. The van der Waals surface area contributed by atoms with Crippen LogP contribution in [0, 0.1) is 0 Å². The highest BCUT2D eigenvalue weighted by molar-refractivity contribution is 7.91. The molecule has 134 valence electrons. The van der Waals surface area contributed by atoms with Gasteiger partial charge >= 0.3 is 5.97 Å². The molecule has 1 amide bonds. The summed E-state index contributed by atoms with van der Waals surface area (Å²) in [4.78, 5) is 30.0. The molecule has 1 fully saturated rings. The second-order valence-corrected chi connectivity index (χ2v) is 8.67. The molecule has 3 rings (SSSR count). The van der Waals surface area contributed by atoms with Crippen LogP contribution in [0.2, 0.25) is 0 Å². The van der Waals surface area contributed by atoms with Crippen LogP contribution in [0.1, 0.15) is 16.9 Å². The quantitative estimate of drug-likeness (QED) is 0.713. The van der Waals surface area contributed by atoms with Crippen LogP contribution in [0.5, 0.6) is 0 Å². The Labute approximate surface area is 148 Å². The van der Waals surface area contributed by atoms with E-state index >= 15 is 0 Å². The Morgan fingerprint density at radius 2 is 2.28 bits per heavy atom. The van der Waals surface area contributed by atoms with Crippen molar-refractivity contribution in [2.75, 3.05) is 25.2 Å². The Bertz CT molecular complexity index is 872. The van der Waals surface area contributed by atoms with Crippen molar-refractivity contribution >= 4 is 33.1 Å². The number of ether oxygens (including phenoxy) is 1. The number of esters is 1. The number of rotatable bonds is 5. The number of thiazole rings is 1. The SMILES string of the molecule is COC(=O)CN(C(=O)c1csc(-c2ccco2)n1)C1CCS(=O)(=O)C1. The molecule has 8 nitrogen and oxygen atoms in total. The molecule has 0 bridgehead atoms. The number of carbonyl (C=O) groups excluding carboxylic acids is 2. The third-order valence-corrected chi connectivity index (χ3v) is 6.50. The van der Waals surface area contributed by atoms with Gasteiger partial charge in [0.2, 0.25) is 0 Å². The molecular formula is C15H16N2O6S2. The van der Waals surface area contributed by atoms with Crippen LogP contribution in [-0.2, 0) is 19.4 Å². The molecule has 25 heavy (non-hydrogen) atoms. The fraction of sp³-hybridized carbons (Fsp3) is 0.400. The Morgan fingerprint density at radius 1 is 1.48 bits per heavy atom. The van der Waals surface area contributed by atoms with Crippen molar-refractivity contribution in [3.8, 4) is 10.8 Å². The van der Waals surface area contributed by atoms with Gasteiger partial charge in [0.05, 0.1) is 24.9 Å². The first-order valence-corrected chi connectivity index (χ1v) is 10.2. The van der Waals surface area contributed by atoms with Crippen molar-refractivity contribution in [1.82, 2.24) is 9.88 Å². The zero-order valence-electron chi connectivity index (χ0n) is 13.4. The van der Waals surface area contributed by atoms with Gasteiger partial charge in [-0.05, 0) is 18.6 Å². The van der Waals surface area contributed by atoms with Gasteiger partial charge in [-0.15, -0.1) is 11.3 Å². The van der Waals surface area contributed by atoms with Gasteiger partial charge in [-0.25, -0.2) is 13.4 Å². The number of amides is 1. The lowest BCUT2D eigenvalue weighted by atomic mass is 10.2. The lowest BCUT2D eigenvalue weighted by Crippen LogP contribution is -2.44. The van der Waals surface area contributed by atoms with Crippen LogP contribution in [-0.4, -0.2) is 61.4 Å². The van der Waals surface area contributed by atoms with Crippen molar-refractivity contribution in [2.45, 2.75) is 12.5 Å². The number of methoxy groups -OCH3 is 1. The minimum atomic E-state index is -3.21. The molecule has 1 atom stereocenters. The third-order valence-electron chi connectivity index (χ3n) is 3.89. The van der Waals surface area contributed by atoms with E-state index in [0.29, 0.717) is 17.2 Å². The minimum absolute atomic E-state index is 0.00265. The lowest BCUT2D eigenvalue weighted by Gasteiger charge is -2.26. The minimum Gasteiger partial charge on any atom is -0.468 e. The number of hydrogen-bond donors (Lipinski definition) is 0. The summed E-state index contributed by atoms with van der Waals surface area (Å²) in [5.41, 5.74) is 0.143. The molecule has 1 aliphatic rings. The summed E-state index contributed by atoms with van der Waals surface area (Å²) < 4.78 is 33.4. The topological polar surface area (TPSA) is 107 Å². The Balaban J connectivity index is 1.85. The van der Waals surface area contributed by atoms with Crippen molar-refractivity contribution in [2.24, 2.45) is 0 Å². The summed E-state index contributed by atoms with van der Waals surface area (Å²) in [5.74, 6) is -0.741. The van der Waals surface area contributed by atoms with Gasteiger partial charge in [0.1, 0.15) is 12.2 Å². The standard InChI is InChI=1S/C15H16N2O6S2/c1-22-13(18)7-17(10-4-6-25(20,21)9-10)15(19)11-8-24-14(16-11)12-3-2-5-23-12/h2-3,5,8,10H,4,6-7,9H2,1H3. The van der Waals surface area contributed by atoms with E-state index in [4.69, 9.17) is 4.42 Å². The number of furan rings is 1. The summed E-state index contributed by atoms with van der Waals surface area (Å²) in [6, 6.07) is 2.87. The number of nitrogens with zero attached hydrogens (tertiary/aromatic N) is 2. The molecule has 2 aromatic rings. The highest BCUT2D eigenvalue weighted by Crippen LogP contribution is 2.26.